The van der Waals surface area contributed by atoms with Crippen molar-refractivity contribution in [3.8, 4) is 0 Å². The highest BCUT2D eigenvalue weighted by atomic mass is 32.2. The van der Waals surface area contributed by atoms with Crippen molar-refractivity contribution >= 4 is 41.4 Å². The van der Waals surface area contributed by atoms with Crippen LogP contribution in [-0.2, 0) is 24.0 Å². The minimum Gasteiger partial charge on any atom is -0.481 e. The normalized spacial score (nSPS) is 15.6. The van der Waals surface area contributed by atoms with Gasteiger partial charge in [0, 0.05) is 0 Å². The van der Waals surface area contributed by atoms with Gasteiger partial charge in [-0.3, -0.25) is 19.2 Å². The van der Waals surface area contributed by atoms with Gasteiger partial charge in [-0.1, -0.05) is 34.1 Å². The first-order valence-corrected chi connectivity index (χ1v) is 12.3. The second-order valence-corrected chi connectivity index (χ2v) is 9.43. The predicted molar refractivity (Wildman–Crippen MR) is 126 cm³/mol. The van der Waals surface area contributed by atoms with Crippen molar-refractivity contribution in [2.24, 2.45) is 17.6 Å². The topological polar surface area (TPSA) is 188 Å². The molecule has 0 saturated heterocycles. The summed E-state index contributed by atoms with van der Waals surface area (Å²) in [6, 6.07) is -4.47. The Hall–Kier alpha value is -2.34. The summed E-state index contributed by atoms with van der Waals surface area (Å²) in [5.41, 5.74) is 5.59. The molecule has 0 aliphatic carbocycles. The fraction of sp³-hybridized carbons (Fsp3) is 0.762. The number of carboxylic acid groups (broad SMARTS) is 2. The summed E-state index contributed by atoms with van der Waals surface area (Å²) in [4.78, 5) is 60.5. The number of nitrogens with two attached hydrogens (primary N) is 1. The highest BCUT2D eigenvalue weighted by Crippen LogP contribution is 2.12. The van der Waals surface area contributed by atoms with E-state index >= 15 is 0 Å². The third-order valence-electron chi connectivity index (χ3n) is 5.09. The van der Waals surface area contributed by atoms with E-state index in [1.807, 2.05) is 27.0 Å². The molecule has 7 N–H and O–H groups in total. The molecule has 0 aromatic heterocycles. The highest BCUT2D eigenvalue weighted by Gasteiger charge is 2.33. The molecule has 0 radical (unpaired) electrons. The van der Waals surface area contributed by atoms with E-state index in [9.17, 15) is 29.1 Å². The van der Waals surface area contributed by atoms with E-state index < -0.39 is 60.2 Å². The number of nitrogens with one attached hydrogen (secondary N) is 3. The molecule has 33 heavy (non-hydrogen) atoms. The van der Waals surface area contributed by atoms with Crippen LogP contribution in [0.4, 0.5) is 0 Å². The molecule has 0 spiro atoms. The summed E-state index contributed by atoms with van der Waals surface area (Å²) >= 11 is 1.45. The Balaban J connectivity index is 5.53. The van der Waals surface area contributed by atoms with E-state index in [-0.39, 0.29) is 24.7 Å². The van der Waals surface area contributed by atoms with Crippen LogP contribution in [0.5, 0.6) is 0 Å². The van der Waals surface area contributed by atoms with Crippen molar-refractivity contribution in [3.05, 3.63) is 0 Å². The molecule has 0 bridgehead atoms. The number of carbonyl (C=O) groups is 5. The van der Waals surface area contributed by atoms with Crippen molar-refractivity contribution in [2.75, 3.05) is 12.0 Å². The maximum atomic E-state index is 13.0. The van der Waals surface area contributed by atoms with Gasteiger partial charge in [-0.05, 0) is 36.7 Å². The molecule has 0 fully saturated rings. The van der Waals surface area contributed by atoms with Crippen molar-refractivity contribution in [3.63, 3.8) is 0 Å². The molecular weight excluding hydrogens is 452 g/mol. The zero-order valence-corrected chi connectivity index (χ0v) is 20.7. The number of thioether (sulfide) groups is 1. The lowest BCUT2D eigenvalue weighted by Gasteiger charge is -2.28. The van der Waals surface area contributed by atoms with Gasteiger partial charge in [0.1, 0.15) is 18.1 Å². The van der Waals surface area contributed by atoms with Crippen LogP contribution in [-0.4, -0.2) is 76.0 Å². The van der Waals surface area contributed by atoms with Gasteiger partial charge >= 0.3 is 11.9 Å². The molecule has 5 atom stereocenters. The number of aliphatic carboxylic acids is 2. The maximum absolute atomic E-state index is 13.0. The van der Waals surface area contributed by atoms with Gasteiger partial charge in [0.2, 0.25) is 17.7 Å². The molecule has 0 aliphatic rings. The van der Waals surface area contributed by atoms with Crippen LogP contribution in [0.3, 0.4) is 0 Å². The first-order valence-electron chi connectivity index (χ1n) is 10.9. The van der Waals surface area contributed by atoms with Gasteiger partial charge < -0.3 is 31.9 Å². The number of hydrogen-bond donors (Lipinski definition) is 6. The monoisotopic (exact) mass is 490 g/mol. The van der Waals surface area contributed by atoms with Gasteiger partial charge in [-0.25, -0.2) is 4.79 Å². The fourth-order valence-corrected chi connectivity index (χ4v) is 3.44. The van der Waals surface area contributed by atoms with Crippen molar-refractivity contribution < 1.29 is 34.2 Å². The number of hydrogen-bond acceptors (Lipinski definition) is 7. The molecule has 3 amide bonds. The van der Waals surface area contributed by atoms with Crippen LogP contribution in [0.2, 0.25) is 0 Å². The second kappa shape index (κ2) is 15.5. The molecule has 0 aromatic carbocycles. The Kier molecular flexibility index (Phi) is 14.4. The molecule has 12 heteroatoms. The van der Waals surface area contributed by atoms with E-state index in [1.165, 1.54) is 11.8 Å². The zero-order valence-electron chi connectivity index (χ0n) is 19.9. The largest absolute Gasteiger partial charge is 0.481 e. The maximum Gasteiger partial charge on any atom is 0.326 e. The van der Waals surface area contributed by atoms with Crippen molar-refractivity contribution in [2.45, 2.75) is 77.5 Å². The first kappa shape index (κ1) is 30.7. The van der Waals surface area contributed by atoms with Gasteiger partial charge in [-0.2, -0.15) is 11.8 Å². The van der Waals surface area contributed by atoms with Crippen LogP contribution in [0, 0.1) is 11.8 Å². The molecule has 11 nitrogen and oxygen atoms in total. The summed E-state index contributed by atoms with van der Waals surface area (Å²) in [5.74, 6) is -4.22. The minimum atomic E-state index is -1.33. The van der Waals surface area contributed by atoms with E-state index in [2.05, 4.69) is 16.0 Å². The van der Waals surface area contributed by atoms with E-state index in [0.717, 1.165) is 0 Å². The Morgan fingerprint density at radius 1 is 0.909 bits per heavy atom. The summed E-state index contributed by atoms with van der Waals surface area (Å²) in [5, 5.41) is 25.8. The lowest BCUT2D eigenvalue weighted by Crippen LogP contribution is -2.59. The SMILES string of the molecule is CCC(C)C(NC(=O)C(CC(C)C)NC(=O)C(N)CC(=O)O)C(=O)NC(CCSC)C(=O)O. The van der Waals surface area contributed by atoms with Crippen molar-refractivity contribution in [1.29, 1.82) is 0 Å². The van der Waals surface area contributed by atoms with E-state index in [4.69, 9.17) is 10.8 Å². The van der Waals surface area contributed by atoms with Gasteiger partial charge in [0.25, 0.3) is 0 Å². The summed E-state index contributed by atoms with van der Waals surface area (Å²) in [7, 11) is 0. The predicted octanol–water partition coefficient (Wildman–Crippen LogP) is 0.173. The van der Waals surface area contributed by atoms with Gasteiger partial charge in [0.15, 0.2) is 0 Å². The van der Waals surface area contributed by atoms with Crippen LogP contribution in [0.1, 0.15) is 53.4 Å². The standard InChI is InChI=1S/C21H38N4O7S/c1-6-12(4)17(20(30)23-14(21(31)32)7-8-33-5)25-19(29)15(9-11(2)3)24-18(28)13(22)10-16(26)27/h11-15,17H,6-10,22H2,1-5H3,(H,23,30)(H,24,28)(H,25,29)(H,26,27)(H,31,32). The molecule has 0 aromatic rings. The average molecular weight is 491 g/mol. The summed E-state index contributed by atoms with van der Waals surface area (Å²) < 4.78 is 0. The molecule has 190 valence electrons. The third-order valence-corrected chi connectivity index (χ3v) is 5.73. The van der Waals surface area contributed by atoms with Gasteiger partial charge in [0.05, 0.1) is 12.5 Å². The first-order chi connectivity index (χ1) is 15.3. The molecule has 0 aliphatic heterocycles. The fourth-order valence-electron chi connectivity index (χ4n) is 2.97. The highest BCUT2D eigenvalue weighted by molar-refractivity contribution is 7.98. The zero-order chi connectivity index (χ0) is 25.7. The lowest BCUT2D eigenvalue weighted by atomic mass is 9.96. The molecular formula is C21H38N4O7S. The number of rotatable bonds is 16. The molecule has 0 rings (SSSR count). The average Bonchev–Trinajstić information content (AvgIpc) is 2.72. The Labute approximate surface area is 199 Å². The molecule has 0 saturated carbocycles. The quantitative estimate of drug-likeness (QED) is 0.175. The molecule has 0 heterocycles. The lowest BCUT2D eigenvalue weighted by molar-refractivity contribution is -0.142. The third kappa shape index (κ3) is 11.9. The van der Waals surface area contributed by atoms with E-state index in [1.54, 1.807) is 6.92 Å². The summed E-state index contributed by atoms with van der Waals surface area (Å²) in [6.07, 6.45) is 2.24. The van der Waals surface area contributed by atoms with Crippen LogP contribution >= 0.6 is 11.8 Å². The van der Waals surface area contributed by atoms with E-state index in [0.29, 0.717) is 12.2 Å². The van der Waals surface area contributed by atoms with Crippen LogP contribution < -0.4 is 21.7 Å². The Bertz CT molecular complexity index is 690. The van der Waals surface area contributed by atoms with Gasteiger partial charge in [-0.15, -0.1) is 0 Å². The van der Waals surface area contributed by atoms with Crippen LogP contribution in [0.15, 0.2) is 0 Å². The Morgan fingerprint density at radius 3 is 1.94 bits per heavy atom. The minimum absolute atomic E-state index is 0.00411. The summed E-state index contributed by atoms with van der Waals surface area (Å²) in [6.45, 7) is 7.26. The Morgan fingerprint density at radius 2 is 1.48 bits per heavy atom. The smallest absolute Gasteiger partial charge is 0.326 e. The van der Waals surface area contributed by atoms with Crippen LogP contribution in [0.25, 0.3) is 0 Å². The molecule has 5 unspecified atom stereocenters. The number of amides is 3. The number of carbonyl (C=O) groups excluding carboxylic acids is 3. The van der Waals surface area contributed by atoms with Crippen molar-refractivity contribution in [1.82, 2.24) is 16.0 Å². The second-order valence-electron chi connectivity index (χ2n) is 8.45. The number of carboxylic acids is 2.